The van der Waals surface area contributed by atoms with Crippen molar-refractivity contribution in [1.29, 1.82) is 0 Å². The zero-order valence-electron chi connectivity index (χ0n) is 18.6. The van der Waals surface area contributed by atoms with Gasteiger partial charge in [0.15, 0.2) is 5.78 Å². The number of ether oxygens (including phenoxy) is 2. The summed E-state index contributed by atoms with van der Waals surface area (Å²) in [5, 5.41) is 3.53. The molecule has 0 fully saturated rings. The van der Waals surface area contributed by atoms with Gasteiger partial charge in [-0.3, -0.25) is 14.4 Å². The topological polar surface area (TPSA) is 81.7 Å². The van der Waals surface area contributed by atoms with E-state index in [1.807, 2.05) is 55.5 Å². The van der Waals surface area contributed by atoms with E-state index in [2.05, 4.69) is 5.32 Å². The summed E-state index contributed by atoms with van der Waals surface area (Å²) in [5.41, 5.74) is 2.97. The Morgan fingerprint density at radius 2 is 1.76 bits per heavy atom. The second-order valence-corrected chi connectivity index (χ2v) is 8.89. The predicted molar refractivity (Wildman–Crippen MR) is 124 cm³/mol. The van der Waals surface area contributed by atoms with E-state index in [0.717, 1.165) is 11.1 Å². The molecule has 7 heteroatoms. The van der Waals surface area contributed by atoms with E-state index in [9.17, 15) is 14.4 Å². The monoisotopic (exact) mass is 467 g/mol. The van der Waals surface area contributed by atoms with Crippen LogP contribution < -0.4 is 10.1 Å². The molecule has 0 bridgehead atoms. The number of nitrogens with one attached hydrogen (secondary N) is 1. The Hall–Kier alpha value is -3.12. The van der Waals surface area contributed by atoms with Crippen LogP contribution in [-0.2, 0) is 25.7 Å². The average Bonchev–Trinajstić information content (AvgIpc) is 2.78. The van der Waals surface area contributed by atoms with Crippen LogP contribution in [0.1, 0.15) is 43.7 Å². The number of halogens is 1. The van der Waals surface area contributed by atoms with Crippen molar-refractivity contribution >= 4 is 29.3 Å². The Morgan fingerprint density at radius 1 is 1.06 bits per heavy atom. The van der Waals surface area contributed by atoms with Crippen molar-refractivity contribution in [3.05, 3.63) is 76.0 Å². The number of benzene rings is 2. The van der Waals surface area contributed by atoms with Gasteiger partial charge in [-0.15, -0.1) is 0 Å². The van der Waals surface area contributed by atoms with E-state index in [4.69, 9.17) is 21.1 Å². The number of hydrogen-bond acceptors (Lipinski definition) is 5. The molecule has 0 aromatic heterocycles. The number of allylic oxidation sites excluding steroid dienone is 2. The second kappa shape index (κ2) is 9.79. The van der Waals surface area contributed by atoms with Crippen LogP contribution in [-0.4, -0.2) is 24.3 Å². The molecule has 4 rings (SSSR count). The van der Waals surface area contributed by atoms with Crippen molar-refractivity contribution in [1.82, 2.24) is 5.32 Å². The number of hydrogen-bond donors (Lipinski definition) is 1. The van der Waals surface area contributed by atoms with Crippen LogP contribution in [0.4, 0.5) is 0 Å². The molecule has 1 heterocycles. The molecule has 2 aromatic carbocycles. The van der Waals surface area contributed by atoms with E-state index in [-0.39, 0.29) is 30.6 Å². The maximum absolute atomic E-state index is 13.4. The number of Topliss-reactive ketones (excluding diaryl/α,β-unsaturated/α-hetero) is 1. The molecule has 1 aliphatic heterocycles. The fourth-order valence-electron chi connectivity index (χ4n) is 4.53. The zero-order chi connectivity index (χ0) is 23.5. The van der Waals surface area contributed by atoms with Gasteiger partial charge >= 0.3 is 5.97 Å². The Kier molecular flexibility index (Phi) is 6.84. The molecule has 1 aliphatic carbocycles. The molecule has 0 saturated heterocycles. The smallest absolute Gasteiger partial charge is 0.317 e. The maximum Gasteiger partial charge on any atom is 0.317 e. The Bertz CT molecular complexity index is 1090. The number of esters is 1. The van der Waals surface area contributed by atoms with E-state index < -0.39 is 17.8 Å². The second-order valence-electron chi connectivity index (χ2n) is 8.46. The van der Waals surface area contributed by atoms with Crippen molar-refractivity contribution < 1.29 is 23.9 Å². The molecule has 172 valence electrons. The van der Waals surface area contributed by atoms with Crippen LogP contribution in [0.15, 0.2) is 59.8 Å². The van der Waals surface area contributed by atoms with Gasteiger partial charge in [-0.2, -0.15) is 0 Å². The minimum absolute atomic E-state index is 0.128. The van der Waals surface area contributed by atoms with E-state index in [1.165, 1.54) is 0 Å². The van der Waals surface area contributed by atoms with Crippen molar-refractivity contribution in [3.63, 3.8) is 0 Å². The molecular formula is C26H26ClNO5. The number of carbonyl (C=O) groups is 3. The summed E-state index contributed by atoms with van der Waals surface area (Å²) in [6, 6.07) is 14.8. The highest BCUT2D eigenvalue weighted by Gasteiger charge is 2.45. The van der Waals surface area contributed by atoms with Gasteiger partial charge in [0.05, 0.1) is 6.61 Å². The molecular weight excluding hydrogens is 442 g/mol. The van der Waals surface area contributed by atoms with Gasteiger partial charge in [0, 0.05) is 28.6 Å². The van der Waals surface area contributed by atoms with E-state index in [1.54, 1.807) is 6.92 Å². The number of amides is 1. The van der Waals surface area contributed by atoms with Gasteiger partial charge in [-0.1, -0.05) is 42.8 Å². The van der Waals surface area contributed by atoms with Crippen LogP contribution in [0.2, 0.25) is 5.02 Å². The van der Waals surface area contributed by atoms with Crippen molar-refractivity contribution in [2.75, 3.05) is 6.61 Å². The van der Waals surface area contributed by atoms with E-state index >= 15 is 0 Å². The van der Waals surface area contributed by atoms with Crippen LogP contribution in [0.25, 0.3) is 0 Å². The Morgan fingerprint density at radius 3 is 2.42 bits per heavy atom. The molecule has 1 N–H and O–H groups in total. The quantitative estimate of drug-likeness (QED) is 0.497. The molecule has 3 unspecified atom stereocenters. The molecule has 3 atom stereocenters. The lowest BCUT2D eigenvalue weighted by Gasteiger charge is -2.36. The summed E-state index contributed by atoms with van der Waals surface area (Å²) in [5.74, 6) is -1.69. The first-order chi connectivity index (χ1) is 15.9. The van der Waals surface area contributed by atoms with Crippen LogP contribution in [0.3, 0.4) is 0 Å². The number of ketones is 1. The van der Waals surface area contributed by atoms with Crippen molar-refractivity contribution in [2.24, 2.45) is 11.8 Å². The predicted octanol–water partition coefficient (Wildman–Crippen LogP) is 4.56. The standard InChI is InChI=1S/C26H26ClNO5/c1-3-32-26(31)23-15(2)12-21-24(25(23)30)20(13-22(29)28-21)17-6-10-19(11-7-17)33-14-16-4-8-18(27)9-5-16/h4-11,15,20,23H,3,12-14H2,1-2H3,(H,28,29). The zero-order valence-corrected chi connectivity index (χ0v) is 19.4. The minimum Gasteiger partial charge on any atom is -0.489 e. The molecule has 33 heavy (non-hydrogen) atoms. The van der Waals surface area contributed by atoms with Crippen LogP contribution in [0, 0.1) is 11.8 Å². The van der Waals surface area contributed by atoms with Gasteiger partial charge in [0.1, 0.15) is 18.3 Å². The van der Waals surface area contributed by atoms with Crippen LogP contribution >= 0.6 is 11.6 Å². The van der Waals surface area contributed by atoms with Gasteiger partial charge in [0.2, 0.25) is 5.91 Å². The lowest BCUT2D eigenvalue weighted by Crippen LogP contribution is -2.44. The molecule has 0 saturated carbocycles. The molecule has 0 spiro atoms. The average molecular weight is 468 g/mol. The highest BCUT2D eigenvalue weighted by Crippen LogP contribution is 2.42. The molecule has 1 amide bonds. The van der Waals surface area contributed by atoms with E-state index in [0.29, 0.717) is 35.1 Å². The third-order valence-corrected chi connectivity index (χ3v) is 6.39. The molecule has 6 nitrogen and oxygen atoms in total. The molecule has 2 aromatic rings. The SMILES string of the molecule is CCOC(=O)C1C(=O)C2=C(CC1C)NC(=O)CC2c1ccc(OCc2ccc(Cl)cc2)cc1. The van der Waals surface area contributed by atoms with Gasteiger partial charge < -0.3 is 14.8 Å². The third kappa shape index (κ3) is 4.96. The maximum atomic E-state index is 13.4. The Balaban J connectivity index is 1.55. The fourth-order valence-corrected chi connectivity index (χ4v) is 4.66. The molecule has 0 radical (unpaired) electrons. The summed E-state index contributed by atoms with van der Waals surface area (Å²) in [6.07, 6.45) is 0.606. The summed E-state index contributed by atoms with van der Waals surface area (Å²) >= 11 is 5.92. The van der Waals surface area contributed by atoms with Crippen molar-refractivity contribution in [3.8, 4) is 5.75 Å². The first-order valence-electron chi connectivity index (χ1n) is 11.1. The van der Waals surface area contributed by atoms with Crippen LogP contribution in [0.5, 0.6) is 5.75 Å². The van der Waals surface area contributed by atoms with Gasteiger partial charge in [0.25, 0.3) is 0 Å². The number of rotatable bonds is 6. The van der Waals surface area contributed by atoms with Crippen molar-refractivity contribution in [2.45, 2.75) is 39.2 Å². The number of carbonyl (C=O) groups excluding carboxylic acids is 3. The highest BCUT2D eigenvalue weighted by atomic mass is 35.5. The summed E-state index contributed by atoms with van der Waals surface area (Å²) < 4.78 is 11.0. The summed E-state index contributed by atoms with van der Waals surface area (Å²) in [4.78, 5) is 38.3. The lowest BCUT2D eigenvalue weighted by molar-refractivity contribution is -0.153. The summed E-state index contributed by atoms with van der Waals surface area (Å²) in [6.45, 7) is 4.18. The lowest BCUT2D eigenvalue weighted by atomic mass is 9.70. The minimum atomic E-state index is -0.844. The summed E-state index contributed by atoms with van der Waals surface area (Å²) in [7, 11) is 0. The first-order valence-corrected chi connectivity index (χ1v) is 11.5. The fraction of sp³-hybridized carbons (Fsp3) is 0.346. The highest BCUT2D eigenvalue weighted by molar-refractivity contribution is 6.30. The van der Waals surface area contributed by atoms with Gasteiger partial charge in [-0.05, 0) is 54.7 Å². The largest absolute Gasteiger partial charge is 0.489 e. The first kappa shape index (κ1) is 23.1. The normalized spacial score (nSPS) is 22.5. The Labute approximate surface area is 197 Å². The van der Waals surface area contributed by atoms with Gasteiger partial charge in [-0.25, -0.2) is 0 Å². The third-order valence-electron chi connectivity index (χ3n) is 6.14. The molecule has 2 aliphatic rings.